The summed E-state index contributed by atoms with van der Waals surface area (Å²) >= 11 is 0. The van der Waals surface area contributed by atoms with E-state index in [1.54, 1.807) is 4.90 Å². The van der Waals surface area contributed by atoms with Gasteiger partial charge in [-0.3, -0.25) is 4.90 Å². The van der Waals surface area contributed by atoms with Crippen molar-refractivity contribution >= 4 is 11.8 Å². The van der Waals surface area contributed by atoms with Gasteiger partial charge in [-0.05, 0) is 61.1 Å². The van der Waals surface area contributed by atoms with E-state index in [1.165, 1.54) is 29.8 Å². The van der Waals surface area contributed by atoms with E-state index in [0.717, 1.165) is 51.0 Å². The summed E-state index contributed by atoms with van der Waals surface area (Å²) in [7, 11) is 1.81. The van der Waals surface area contributed by atoms with E-state index in [2.05, 4.69) is 34.9 Å². The average molecular weight is 422 g/mol. The van der Waals surface area contributed by atoms with Crippen molar-refractivity contribution in [2.75, 3.05) is 44.7 Å². The van der Waals surface area contributed by atoms with Crippen molar-refractivity contribution in [1.29, 1.82) is 0 Å². The minimum absolute atomic E-state index is 0.157. The van der Waals surface area contributed by atoms with Gasteiger partial charge >= 0.3 is 6.09 Å². The smallest absolute Gasteiger partial charge is 0.410 e. The van der Waals surface area contributed by atoms with Gasteiger partial charge in [-0.2, -0.15) is 0 Å². The van der Waals surface area contributed by atoms with Gasteiger partial charge in [0, 0.05) is 45.5 Å². The van der Waals surface area contributed by atoms with Crippen molar-refractivity contribution in [1.82, 2.24) is 9.80 Å². The molecule has 5 nitrogen and oxygen atoms in total. The number of carbonyl (C=O) groups excluding carboxylic acids is 1. The van der Waals surface area contributed by atoms with Crippen LogP contribution < -0.4 is 4.90 Å². The third-order valence-electron chi connectivity index (χ3n) is 6.48. The first-order chi connectivity index (χ1) is 15.1. The monoisotopic (exact) mass is 421 g/mol. The number of rotatable bonds is 6. The standard InChI is InChI=1S/C26H35N3O2/c1-3-14-28-15-17-29(18-16-28)23-13-12-22-10-7-11-25(24(22)19-23)31-26(30)27(2)20-21-8-5-4-6-9-21/h4-6,8-9,12-13,19,25H,3,7,10-11,14-18,20H2,1-2H3. The number of amides is 1. The minimum atomic E-state index is -0.250. The summed E-state index contributed by atoms with van der Waals surface area (Å²) in [6.07, 6.45) is 3.82. The van der Waals surface area contributed by atoms with E-state index < -0.39 is 0 Å². The van der Waals surface area contributed by atoms with Gasteiger partial charge in [-0.15, -0.1) is 0 Å². The molecule has 0 bridgehead atoms. The third-order valence-corrected chi connectivity index (χ3v) is 6.48. The zero-order chi connectivity index (χ0) is 21.6. The number of hydrogen-bond acceptors (Lipinski definition) is 4. The van der Waals surface area contributed by atoms with Crippen LogP contribution in [-0.4, -0.2) is 55.7 Å². The number of anilines is 1. The Morgan fingerprint density at radius 3 is 2.61 bits per heavy atom. The van der Waals surface area contributed by atoms with E-state index in [9.17, 15) is 4.79 Å². The highest BCUT2D eigenvalue weighted by Crippen LogP contribution is 2.35. The Hall–Kier alpha value is -2.53. The fraction of sp³-hybridized carbons (Fsp3) is 0.500. The summed E-state index contributed by atoms with van der Waals surface area (Å²) in [6, 6.07) is 16.8. The van der Waals surface area contributed by atoms with Gasteiger partial charge in [0.05, 0.1) is 0 Å². The zero-order valence-electron chi connectivity index (χ0n) is 18.9. The first kappa shape index (κ1) is 21.7. The van der Waals surface area contributed by atoms with E-state index >= 15 is 0 Å². The molecule has 2 aliphatic rings. The molecule has 0 saturated carbocycles. The maximum Gasteiger partial charge on any atom is 0.410 e. The second-order valence-corrected chi connectivity index (χ2v) is 8.82. The van der Waals surface area contributed by atoms with Crippen LogP contribution in [0.25, 0.3) is 0 Å². The third kappa shape index (κ3) is 5.40. The van der Waals surface area contributed by atoms with Crippen LogP contribution in [-0.2, 0) is 17.7 Å². The highest BCUT2D eigenvalue weighted by atomic mass is 16.6. The number of ether oxygens (including phenoxy) is 1. The maximum atomic E-state index is 12.8. The lowest BCUT2D eigenvalue weighted by molar-refractivity contribution is 0.0589. The zero-order valence-corrected chi connectivity index (χ0v) is 18.9. The van der Waals surface area contributed by atoms with Gasteiger partial charge in [-0.1, -0.05) is 43.3 Å². The van der Waals surface area contributed by atoms with Crippen LogP contribution in [0, 0.1) is 0 Å². The lowest BCUT2D eigenvalue weighted by Crippen LogP contribution is -2.46. The highest BCUT2D eigenvalue weighted by molar-refractivity contribution is 5.68. The molecule has 2 aromatic carbocycles. The number of benzene rings is 2. The van der Waals surface area contributed by atoms with Crippen LogP contribution in [0.3, 0.4) is 0 Å². The number of hydrogen-bond donors (Lipinski definition) is 0. The first-order valence-electron chi connectivity index (χ1n) is 11.7. The summed E-state index contributed by atoms with van der Waals surface area (Å²) in [5.41, 5.74) is 4.88. The lowest BCUT2D eigenvalue weighted by atomic mass is 9.89. The molecule has 1 aliphatic carbocycles. The van der Waals surface area contributed by atoms with Gasteiger partial charge in [0.2, 0.25) is 0 Å². The molecule has 2 aromatic rings. The molecule has 1 aliphatic heterocycles. The van der Waals surface area contributed by atoms with Gasteiger partial charge in [0.15, 0.2) is 0 Å². The number of carbonyl (C=O) groups is 1. The van der Waals surface area contributed by atoms with Gasteiger partial charge in [0.1, 0.15) is 6.10 Å². The van der Waals surface area contributed by atoms with Crippen molar-refractivity contribution in [3.8, 4) is 0 Å². The quantitative estimate of drug-likeness (QED) is 0.667. The maximum absolute atomic E-state index is 12.8. The fourth-order valence-corrected chi connectivity index (χ4v) is 4.74. The summed E-state index contributed by atoms with van der Waals surface area (Å²) < 4.78 is 6.00. The molecule has 0 aromatic heterocycles. The summed E-state index contributed by atoms with van der Waals surface area (Å²) in [4.78, 5) is 19.5. The van der Waals surface area contributed by atoms with E-state index in [-0.39, 0.29) is 12.2 Å². The Bertz CT molecular complexity index is 862. The van der Waals surface area contributed by atoms with Crippen LogP contribution in [0.4, 0.5) is 10.5 Å². The van der Waals surface area contributed by atoms with Crippen molar-refractivity contribution < 1.29 is 9.53 Å². The number of nitrogens with zero attached hydrogens (tertiary/aromatic N) is 3. The molecule has 1 amide bonds. The predicted octanol–water partition coefficient (Wildman–Crippen LogP) is 4.86. The molecule has 4 rings (SSSR count). The van der Waals surface area contributed by atoms with Crippen LogP contribution in [0.15, 0.2) is 48.5 Å². The Morgan fingerprint density at radius 1 is 1.10 bits per heavy atom. The highest BCUT2D eigenvalue weighted by Gasteiger charge is 2.26. The molecule has 1 atom stereocenters. The SMILES string of the molecule is CCCN1CCN(c2ccc3c(c2)C(OC(=O)N(C)Cc2ccccc2)CCC3)CC1. The molecule has 0 radical (unpaired) electrons. The molecule has 1 saturated heterocycles. The molecule has 166 valence electrons. The van der Waals surface area contributed by atoms with Crippen molar-refractivity contribution in [3.05, 3.63) is 65.2 Å². The summed E-state index contributed by atoms with van der Waals surface area (Å²) in [5, 5.41) is 0. The molecule has 5 heteroatoms. The fourth-order valence-electron chi connectivity index (χ4n) is 4.74. The Morgan fingerprint density at radius 2 is 1.87 bits per heavy atom. The van der Waals surface area contributed by atoms with Gasteiger partial charge in [-0.25, -0.2) is 4.79 Å². The Balaban J connectivity index is 1.42. The molecule has 1 heterocycles. The molecule has 0 N–H and O–H groups in total. The Kier molecular flexibility index (Phi) is 7.13. The second kappa shape index (κ2) is 10.2. The van der Waals surface area contributed by atoms with Crippen molar-refractivity contribution in [3.63, 3.8) is 0 Å². The second-order valence-electron chi connectivity index (χ2n) is 8.82. The van der Waals surface area contributed by atoms with Crippen LogP contribution >= 0.6 is 0 Å². The molecule has 0 spiro atoms. The molecule has 31 heavy (non-hydrogen) atoms. The molecular weight excluding hydrogens is 386 g/mol. The largest absolute Gasteiger partial charge is 0.441 e. The van der Waals surface area contributed by atoms with Crippen LogP contribution in [0.2, 0.25) is 0 Å². The van der Waals surface area contributed by atoms with Crippen LogP contribution in [0.1, 0.15) is 49.0 Å². The predicted molar refractivity (Wildman–Crippen MR) is 125 cm³/mol. The average Bonchev–Trinajstić information content (AvgIpc) is 2.80. The molecule has 1 unspecified atom stereocenters. The topological polar surface area (TPSA) is 36.0 Å². The van der Waals surface area contributed by atoms with Gasteiger partial charge in [0.25, 0.3) is 0 Å². The number of aryl methyl sites for hydroxylation is 1. The van der Waals surface area contributed by atoms with Crippen molar-refractivity contribution in [2.24, 2.45) is 0 Å². The summed E-state index contributed by atoms with van der Waals surface area (Å²) in [6.45, 7) is 8.34. The number of piperazine rings is 1. The van der Waals surface area contributed by atoms with E-state index in [1.807, 2.05) is 37.4 Å². The Labute approximate surface area is 186 Å². The summed E-state index contributed by atoms with van der Waals surface area (Å²) in [5.74, 6) is 0. The van der Waals surface area contributed by atoms with E-state index in [0.29, 0.717) is 6.54 Å². The van der Waals surface area contributed by atoms with Gasteiger partial charge < -0.3 is 14.5 Å². The molecule has 1 fully saturated rings. The molecular formula is C26H35N3O2. The minimum Gasteiger partial charge on any atom is -0.441 e. The normalized spacial score (nSPS) is 19.0. The van der Waals surface area contributed by atoms with E-state index in [4.69, 9.17) is 4.74 Å². The first-order valence-corrected chi connectivity index (χ1v) is 11.7. The number of fused-ring (bicyclic) bond motifs is 1. The van der Waals surface area contributed by atoms with Crippen LogP contribution in [0.5, 0.6) is 0 Å². The van der Waals surface area contributed by atoms with Crippen molar-refractivity contribution in [2.45, 2.75) is 45.3 Å². The lowest BCUT2D eigenvalue weighted by Gasteiger charge is -2.37.